The maximum atomic E-state index is 12.1. The van der Waals surface area contributed by atoms with Gasteiger partial charge in [-0.05, 0) is 43.2 Å². The fourth-order valence-electron chi connectivity index (χ4n) is 2.26. The number of hydrogen-bond donors (Lipinski definition) is 2. The smallest absolute Gasteiger partial charge is 0.262 e. The number of amides is 1. The van der Waals surface area contributed by atoms with Crippen molar-refractivity contribution in [2.24, 2.45) is 0 Å². The first-order valence-corrected chi connectivity index (χ1v) is 10.1. The Labute approximate surface area is 158 Å². The molecule has 2 rings (SSSR count). The molecule has 0 heterocycles. The molecule has 6 nitrogen and oxygen atoms in total. The van der Waals surface area contributed by atoms with Crippen molar-refractivity contribution in [3.05, 3.63) is 53.1 Å². The van der Waals surface area contributed by atoms with Crippen LogP contribution in [0.3, 0.4) is 0 Å². The molecule has 0 saturated carbocycles. The van der Waals surface area contributed by atoms with Gasteiger partial charge in [0.2, 0.25) is 10.0 Å². The van der Waals surface area contributed by atoms with E-state index >= 15 is 0 Å². The molecule has 0 aliphatic carbocycles. The van der Waals surface area contributed by atoms with Gasteiger partial charge in [-0.15, -0.1) is 0 Å². The van der Waals surface area contributed by atoms with Crippen molar-refractivity contribution < 1.29 is 17.9 Å². The summed E-state index contributed by atoms with van der Waals surface area (Å²) in [6, 6.07) is 11.9. The SMILES string of the molecule is CCCS(=O)(=O)Nc1cccc(NC(=O)COc2ccccc2Cl)c1C. The Morgan fingerprint density at radius 2 is 1.81 bits per heavy atom. The summed E-state index contributed by atoms with van der Waals surface area (Å²) < 4.78 is 31.8. The number of nitrogens with one attached hydrogen (secondary N) is 2. The molecule has 2 aromatic rings. The maximum absolute atomic E-state index is 12.1. The standard InChI is InChI=1S/C18H21ClN2O4S/c1-3-11-26(23,24)21-16-9-6-8-15(13(16)2)20-18(22)12-25-17-10-5-4-7-14(17)19/h4-10,21H,3,11-12H2,1-2H3,(H,20,22). The van der Waals surface area contributed by atoms with Crippen molar-refractivity contribution in [3.8, 4) is 5.75 Å². The molecule has 26 heavy (non-hydrogen) atoms. The second kappa shape index (κ2) is 8.91. The predicted molar refractivity (Wildman–Crippen MR) is 104 cm³/mol. The summed E-state index contributed by atoms with van der Waals surface area (Å²) in [4.78, 5) is 12.1. The Morgan fingerprint density at radius 1 is 1.12 bits per heavy atom. The second-order valence-electron chi connectivity index (χ2n) is 5.67. The number of halogens is 1. The third-order valence-corrected chi connectivity index (χ3v) is 5.33. The first-order chi connectivity index (χ1) is 12.3. The Morgan fingerprint density at radius 3 is 2.50 bits per heavy atom. The molecule has 8 heteroatoms. The summed E-state index contributed by atoms with van der Waals surface area (Å²) in [5.41, 5.74) is 1.57. The van der Waals surface area contributed by atoms with Crippen LogP contribution in [-0.4, -0.2) is 26.7 Å². The van der Waals surface area contributed by atoms with Gasteiger partial charge in [0.05, 0.1) is 16.5 Å². The van der Waals surface area contributed by atoms with E-state index in [0.29, 0.717) is 34.1 Å². The molecule has 0 aliphatic rings. The summed E-state index contributed by atoms with van der Waals surface area (Å²) in [7, 11) is -3.41. The van der Waals surface area contributed by atoms with Gasteiger partial charge in [-0.2, -0.15) is 0 Å². The molecule has 2 aromatic carbocycles. The molecule has 2 N–H and O–H groups in total. The van der Waals surface area contributed by atoms with E-state index in [2.05, 4.69) is 10.0 Å². The molecular weight excluding hydrogens is 376 g/mol. The van der Waals surface area contributed by atoms with Gasteiger partial charge in [0.1, 0.15) is 5.75 Å². The summed E-state index contributed by atoms with van der Waals surface area (Å²) in [6.07, 6.45) is 0.518. The van der Waals surface area contributed by atoms with Crippen LogP contribution in [0.4, 0.5) is 11.4 Å². The fourth-order valence-corrected chi connectivity index (χ4v) is 3.65. The minimum Gasteiger partial charge on any atom is -0.482 e. The van der Waals surface area contributed by atoms with Crippen LogP contribution in [-0.2, 0) is 14.8 Å². The fraction of sp³-hybridized carbons (Fsp3) is 0.278. The van der Waals surface area contributed by atoms with E-state index in [9.17, 15) is 13.2 Å². The van der Waals surface area contributed by atoms with Gasteiger partial charge in [-0.1, -0.05) is 36.7 Å². The summed E-state index contributed by atoms with van der Waals surface area (Å²) in [5.74, 6) is 0.0815. The molecule has 140 valence electrons. The van der Waals surface area contributed by atoms with Crippen LogP contribution in [0.5, 0.6) is 5.75 Å². The number of sulfonamides is 1. The lowest BCUT2D eigenvalue weighted by molar-refractivity contribution is -0.118. The number of hydrogen-bond acceptors (Lipinski definition) is 4. The van der Waals surface area contributed by atoms with Crippen LogP contribution < -0.4 is 14.8 Å². The molecule has 0 unspecified atom stereocenters. The highest BCUT2D eigenvalue weighted by Crippen LogP contribution is 2.25. The van der Waals surface area contributed by atoms with Crippen molar-refractivity contribution in [1.29, 1.82) is 0 Å². The Balaban J connectivity index is 2.04. The van der Waals surface area contributed by atoms with Gasteiger partial charge in [-0.25, -0.2) is 8.42 Å². The number of ether oxygens (including phenoxy) is 1. The zero-order valence-corrected chi connectivity index (χ0v) is 16.2. The summed E-state index contributed by atoms with van der Waals surface area (Å²) in [6.45, 7) is 3.31. The third kappa shape index (κ3) is 5.64. The van der Waals surface area contributed by atoms with E-state index in [1.54, 1.807) is 56.3 Å². The molecule has 1 amide bonds. The average molecular weight is 397 g/mol. The third-order valence-electron chi connectivity index (χ3n) is 3.54. The molecule has 0 bridgehead atoms. The van der Waals surface area contributed by atoms with Gasteiger partial charge in [0, 0.05) is 5.69 Å². The topological polar surface area (TPSA) is 84.5 Å². The van der Waals surface area contributed by atoms with Gasteiger partial charge in [0.25, 0.3) is 5.91 Å². The number of anilines is 2. The van der Waals surface area contributed by atoms with Crippen molar-refractivity contribution in [2.75, 3.05) is 22.4 Å². The van der Waals surface area contributed by atoms with Gasteiger partial charge in [-0.3, -0.25) is 9.52 Å². The van der Waals surface area contributed by atoms with Gasteiger partial charge in [0.15, 0.2) is 6.61 Å². The molecule has 0 aromatic heterocycles. The molecule has 0 saturated heterocycles. The first kappa shape index (κ1) is 20.1. The molecule has 0 spiro atoms. The Kier molecular flexibility index (Phi) is 6.88. The van der Waals surface area contributed by atoms with E-state index in [0.717, 1.165) is 0 Å². The zero-order chi connectivity index (χ0) is 19.2. The van der Waals surface area contributed by atoms with Crippen LogP contribution in [0, 0.1) is 6.92 Å². The van der Waals surface area contributed by atoms with Crippen LogP contribution in [0.15, 0.2) is 42.5 Å². The second-order valence-corrected chi connectivity index (χ2v) is 7.92. The number of rotatable bonds is 8. The van der Waals surface area contributed by atoms with Crippen LogP contribution in [0.25, 0.3) is 0 Å². The van der Waals surface area contributed by atoms with E-state index in [-0.39, 0.29) is 18.3 Å². The first-order valence-electron chi connectivity index (χ1n) is 8.09. The van der Waals surface area contributed by atoms with Crippen molar-refractivity contribution in [3.63, 3.8) is 0 Å². The maximum Gasteiger partial charge on any atom is 0.262 e. The number of para-hydroxylation sites is 1. The Bertz CT molecular complexity index is 885. The number of carbonyl (C=O) groups is 1. The lowest BCUT2D eigenvalue weighted by Crippen LogP contribution is -2.21. The lowest BCUT2D eigenvalue weighted by Gasteiger charge is -2.14. The highest BCUT2D eigenvalue weighted by Gasteiger charge is 2.13. The quantitative estimate of drug-likeness (QED) is 0.710. The molecule has 0 fully saturated rings. The highest BCUT2D eigenvalue weighted by molar-refractivity contribution is 7.92. The van der Waals surface area contributed by atoms with E-state index in [1.165, 1.54) is 0 Å². The number of carbonyl (C=O) groups excluding carboxylic acids is 1. The normalized spacial score (nSPS) is 11.0. The van der Waals surface area contributed by atoms with E-state index in [4.69, 9.17) is 16.3 Å². The van der Waals surface area contributed by atoms with Crippen LogP contribution >= 0.6 is 11.6 Å². The minimum absolute atomic E-state index is 0.0364. The molecular formula is C18H21ClN2O4S. The molecule has 0 aliphatic heterocycles. The highest BCUT2D eigenvalue weighted by atomic mass is 35.5. The van der Waals surface area contributed by atoms with Crippen molar-refractivity contribution in [2.45, 2.75) is 20.3 Å². The van der Waals surface area contributed by atoms with E-state index in [1.807, 2.05) is 0 Å². The average Bonchev–Trinajstić information content (AvgIpc) is 2.57. The summed E-state index contributed by atoms with van der Waals surface area (Å²) >= 11 is 5.98. The molecule has 0 atom stereocenters. The molecule has 0 radical (unpaired) electrons. The minimum atomic E-state index is -3.41. The van der Waals surface area contributed by atoms with Crippen molar-refractivity contribution in [1.82, 2.24) is 0 Å². The number of benzene rings is 2. The Hall–Kier alpha value is -2.25. The lowest BCUT2D eigenvalue weighted by atomic mass is 10.1. The summed E-state index contributed by atoms with van der Waals surface area (Å²) in [5, 5.41) is 3.14. The van der Waals surface area contributed by atoms with Gasteiger partial charge < -0.3 is 10.1 Å². The van der Waals surface area contributed by atoms with Crippen molar-refractivity contribution >= 4 is 38.9 Å². The van der Waals surface area contributed by atoms with Crippen LogP contribution in [0.2, 0.25) is 5.02 Å². The predicted octanol–water partition coefficient (Wildman–Crippen LogP) is 3.82. The van der Waals surface area contributed by atoms with E-state index < -0.39 is 10.0 Å². The monoisotopic (exact) mass is 396 g/mol. The van der Waals surface area contributed by atoms with Gasteiger partial charge >= 0.3 is 0 Å². The largest absolute Gasteiger partial charge is 0.482 e. The zero-order valence-electron chi connectivity index (χ0n) is 14.6. The van der Waals surface area contributed by atoms with Crippen LogP contribution in [0.1, 0.15) is 18.9 Å².